The number of ether oxygens (including phenoxy) is 4. The van der Waals surface area contributed by atoms with Crippen LogP contribution in [0.3, 0.4) is 0 Å². The van der Waals surface area contributed by atoms with E-state index < -0.39 is 97.5 Å². The van der Waals surface area contributed by atoms with Gasteiger partial charge < -0.3 is 33.8 Å². The van der Waals surface area contributed by atoms with Crippen molar-refractivity contribution in [1.82, 2.24) is 0 Å². The summed E-state index contributed by atoms with van der Waals surface area (Å²) in [6, 6.07) is 0. The van der Waals surface area contributed by atoms with Gasteiger partial charge in [0.25, 0.3) is 0 Å². The van der Waals surface area contributed by atoms with Gasteiger partial charge in [0, 0.05) is 19.3 Å². The van der Waals surface area contributed by atoms with E-state index in [4.69, 9.17) is 37.0 Å². The van der Waals surface area contributed by atoms with Crippen LogP contribution in [0, 0.1) is 0 Å². The molecule has 19 heteroatoms. The van der Waals surface area contributed by atoms with Crippen LogP contribution in [0.4, 0.5) is 0 Å². The van der Waals surface area contributed by atoms with Gasteiger partial charge in [0.2, 0.25) is 0 Å². The highest BCUT2D eigenvalue weighted by molar-refractivity contribution is 7.47. The molecular formula is C79H136O17P2. The Bertz CT molecular complexity index is 2290. The van der Waals surface area contributed by atoms with Crippen molar-refractivity contribution in [2.24, 2.45) is 0 Å². The molecule has 0 amide bonds. The van der Waals surface area contributed by atoms with E-state index >= 15 is 0 Å². The molecule has 0 rings (SSSR count). The van der Waals surface area contributed by atoms with Gasteiger partial charge in [0.1, 0.15) is 19.3 Å². The van der Waals surface area contributed by atoms with Gasteiger partial charge in [-0.05, 0) is 116 Å². The summed E-state index contributed by atoms with van der Waals surface area (Å²) < 4.78 is 68.3. The third-order valence-electron chi connectivity index (χ3n) is 15.8. The molecule has 0 aliphatic heterocycles. The summed E-state index contributed by atoms with van der Waals surface area (Å²) in [4.78, 5) is 72.8. The summed E-state index contributed by atoms with van der Waals surface area (Å²) in [7, 11) is -9.98. The number of aliphatic hydroxyl groups excluding tert-OH is 1. The Morgan fingerprint density at radius 2 is 0.571 bits per heavy atom. The Balaban J connectivity index is 5.43. The molecule has 0 saturated heterocycles. The first-order valence-electron chi connectivity index (χ1n) is 38.1. The van der Waals surface area contributed by atoms with E-state index in [0.717, 1.165) is 141 Å². The maximum Gasteiger partial charge on any atom is 0.472 e. The van der Waals surface area contributed by atoms with E-state index in [1.54, 1.807) is 6.08 Å². The van der Waals surface area contributed by atoms with E-state index in [0.29, 0.717) is 25.7 Å². The third kappa shape index (κ3) is 70.2. The fourth-order valence-corrected chi connectivity index (χ4v) is 11.5. The molecule has 0 heterocycles. The number of allylic oxidation sites excluding steroid dienone is 17. The van der Waals surface area contributed by atoms with Crippen LogP contribution in [0.2, 0.25) is 0 Å². The summed E-state index contributed by atoms with van der Waals surface area (Å²) in [5.41, 5.74) is 0. The Morgan fingerprint density at radius 1 is 0.306 bits per heavy atom. The number of esters is 4. The summed E-state index contributed by atoms with van der Waals surface area (Å²) in [6.45, 7) is 4.57. The van der Waals surface area contributed by atoms with Crippen molar-refractivity contribution in [3.05, 3.63) is 109 Å². The highest BCUT2D eigenvalue weighted by Gasteiger charge is 2.30. The van der Waals surface area contributed by atoms with Crippen molar-refractivity contribution < 1.29 is 80.2 Å². The number of hydrogen-bond acceptors (Lipinski definition) is 15. The number of rotatable bonds is 71. The Hall–Kier alpha value is -4.28. The molecule has 5 unspecified atom stereocenters. The Labute approximate surface area is 594 Å². The van der Waals surface area contributed by atoms with Crippen LogP contribution >= 0.6 is 15.6 Å². The van der Waals surface area contributed by atoms with E-state index in [1.807, 2.05) is 18.2 Å². The van der Waals surface area contributed by atoms with Crippen molar-refractivity contribution in [2.75, 3.05) is 39.6 Å². The lowest BCUT2D eigenvalue weighted by molar-refractivity contribution is -0.161. The molecule has 5 atom stereocenters. The zero-order valence-corrected chi connectivity index (χ0v) is 63.2. The normalized spacial score (nSPS) is 14.6. The van der Waals surface area contributed by atoms with Gasteiger partial charge in [0.05, 0.1) is 32.8 Å². The fraction of sp³-hybridized carbons (Fsp3) is 0.722. The first kappa shape index (κ1) is 93.7. The molecule has 98 heavy (non-hydrogen) atoms. The monoisotopic (exact) mass is 1420 g/mol. The highest BCUT2D eigenvalue weighted by atomic mass is 31.2. The minimum absolute atomic E-state index is 0.0700. The zero-order chi connectivity index (χ0) is 71.8. The molecule has 0 aromatic rings. The largest absolute Gasteiger partial charge is 0.472 e. The molecule has 0 fully saturated rings. The van der Waals surface area contributed by atoms with Crippen molar-refractivity contribution in [1.29, 1.82) is 0 Å². The van der Waals surface area contributed by atoms with Gasteiger partial charge in [-0.2, -0.15) is 0 Å². The van der Waals surface area contributed by atoms with E-state index in [-0.39, 0.29) is 25.7 Å². The van der Waals surface area contributed by atoms with Crippen molar-refractivity contribution >= 4 is 39.5 Å². The van der Waals surface area contributed by atoms with Crippen molar-refractivity contribution in [2.45, 2.75) is 329 Å². The second kappa shape index (κ2) is 71.1. The molecule has 0 radical (unpaired) electrons. The van der Waals surface area contributed by atoms with E-state index in [1.165, 1.54) is 89.9 Å². The zero-order valence-electron chi connectivity index (χ0n) is 61.4. The smallest absolute Gasteiger partial charge is 0.462 e. The number of phosphoric acid groups is 2. The number of aliphatic hydroxyl groups is 1. The number of phosphoric ester groups is 2. The van der Waals surface area contributed by atoms with Crippen LogP contribution < -0.4 is 0 Å². The Morgan fingerprint density at radius 3 is 0.929 bits per heavy atom. The van der Waals surface area contributed by atoms with Crippen LogP contribution in [-0.4, -0.2) is 96.7 Å². The lowest BCUT2D eigenvalue weighted by Crippen LogP contribution is -2.30. The second-order valence-corrected chi connectivity index (χ2v) is 28.1. The standard InChI is InChI=1S/C79H136O17P2/c1-5-9-13-17-21-25-29-33-36-40-43-47-51-55-59-63-76(81)89-69-74(95-78(83)65-61-57-53-49-45-39-32-28-24-20-16-12-8-4)71-93-97(85,86)91-67-73(80)68-92-98(87,88)94-72-75(96-79(84)66-62-58-54-50-46-42-38-35-31-27-23-19-15-11-7-3)70-90-77(82)64-60-56-52-48-44-41-37-34-30-26-22-18-14-10-6-2/h9,13,21-23,25-27,33-38,43,47,55,59,73-75,80H,5-8,10-12,14-20,24,28-32,39-42,44-46,48-54,56-58,60-72H2,1-4H3,(H,85,86)(H,87,88)/b13-9-,25-21-,26-22-,27-23-,36-33-,37-34-,38-35-,47-43-,59-55-. The van der Waals surface area contributed by atoms with Crippen LogP contribution in [0.1, 0.15) is 310 Å². The SMILES string of the molecule is CC/C=C\C/C=C\C/C=C\C/C=C\C/C=C\CC(=O)OCC(COP(=O)(O)OCC(O)COP(=O)(O)OCC(COC(=O)CCCCCCC/C=C\C/C=C\CCCCC)OC(=O)CCCCCCC/C=C\C/C=C\CCCCC)OC(=O)CCCCCCCCCCCCCCC. The van der Waals surface area contributed by atoms with Gasteiger partial charge in [-0.15, -0.1) is 0 Å². The maximum absolute atomic E-state index is 13.1. The first-order chi connectivity index (χ1) is 47.7. The van der Waals surface area contributed by atoms with Gasteiger partial charge in [-0.3, -0.25) is 37.3 Å². The van der Waals surface area contributed by atoms with Crippen LogP contribution in [-0.2, 0) is 65.4 Å². The average molecular weight is 1420 g/mol. The summed E-state index contributed by atoms with van der Waals surface area (Å²) >= 11 is 0. The second-order valence-electron chi connectivity index (χ2n) is 25.2. The fourth-order valence-electron chi connectivity index (χ4n) is 9.94. The topological polar surface area (TPSA) is 237 Å². The molecule has 0 aliphatic carbocycles. The molecular weight excluding hydrogens is 1280 g/mol. The molecule has 564 valence electrons. The number of hydrogen-bond donors (Lipinski definition) is 3. The van der Waals surface area contributed by atoms with E-state index in [9.17, 15) is 43.2 Å². The number of carbonyl (C=O) groups excluding carboxylic acids is 4. The van der Waals surface area contributed by atoms with Gasteiger partial charge in [-0.25, -0.2) is 9.13 Å². The third-order valence-corrected chi connectivity index (χ3v) is 17.7. The van der Waals surface area contributed by atoms with Gasteiger partial charge in [-0.1, -0.05) is 278 Å². The van der Waals surface area contributed by atoms with E-state index in [2.05, 4.69) is 113 Å². The summed E-state index contributed by atoms with van der Waals surface area (Å²) in [5.74, 6) is -2.34. The minimum Gasteiger partial charge on any atom is -0.462 e. The van der Waals surface area contributed by atoms with Gasteiger partial charge >= 0.3 is 39.5 Å². The minimum atomic E-state index is -4.99. The molecule has 17 nitrogen and oxygen atoms in total. The van der Waals surface area contributed by atoms with Crippen LogP contribution in [0.25, 0.3) is 0 Å². The molecule has 0 aromatic heterocycles. The lowest BCUT2D eigenvalue weighted by atomic mass is 10.0. The van der Waals surface area contributed by atoms with Crippen LogP contribution in [0.15, 0.2) is 109 Å². The molecule has 0 saturated carbocycles. The summed E-state index contributed by atoms with van der Waals surface area (Å²) in [6.07, 6.45) is 75.3. The molecule has 0 bridgehead atoms. The predicted octanol–water partition coefficient (Wildman–Crippen LogP) is 21.8. The van der Waals surface area contributed by atoms with Crippen LogP contribution in [0.5, 0.6) is 0 Å². The average Bonchev–Trinajstić information content (AvgIpc) is 0.959. The van der Waals surface area contributed by atoms with Crippen molar-refractivity contribution in [3.63, 3.8) is 0 Å². The predicted molar refractivity (Wildman–Crippen MR) is 399 cm³/mol. The summed E-state index contributed by atoms with van der Waals surface area (Å²) in [5, 5.41) is 10.6. The van der Waals surface area contributed by atoms with Crippen molar-refractivity contribution in [3.8, 4) is 0 Å². The highest BCUT2D eigenvalue weighted by Crippen LogP contribution is 2.45. The lowest BCUT2D eigenvalue weighted by Gasteiger charge is -2.21. The Kier molecular flexibility index (Phi) is 68.0. The number of unbranched alkanes of at least 4 members (excludes halogenated alkanes) is 28. The molecule has 0 spiro atoms. The van der Waals surface area contributed by atoms with Gasteiger partial charge in [0.15, 0.2) is 12.2 Å². The number of carbonyl (C=O) groups is 4. The quantitative estimate of drug-likeness (QED) is 0.0169. The molecule has 3 N–H and O–H groups in total. The maximum atomic E-state index is 13.1. The molecule has 0 aromatic carbocycles. The molecule has 0 aliphatic rings. The first-order valence-corrected chi connectivity index (χ1v) is 41.1.